The fourth-order valence-corrected chi connectivity index (χ4v) is 2.18. The van der Waals surface area contributed by atoms with Crippen LogP contribution in [-0.2, 0) is 0 Å². The van der Waals surface area contributed by atoms with E-state index in [-0.39, 0.29) is 10.9 Å². The molecule has 110 valence electrons. The van der Waals surface area contributed by atoms with Crippen LogP contribution in [0.5, 0.6) is 5.75 Å². The van der Waals surface area contributed by atoms with Gasteiger partial charge in [0.1, 0.15) is 0 Å². The molecule has 2 aromatic carbocycles. The zero-order valence-electron chi connectivity index (χ0n) is 11.3. The highest BCUT2D eigenvalue weighted by molar-refractivity contribution is 6.44. The molecule has 21 heavy (non-hydrogen) atoms. The van der Waals surface area contributed by atoms with Crippen molar-refractivity contribution in [1.29, 1.82) is 0 Å². The van der Waals surface area contributed by atoms with Crippen LogP contribution >= 0.6 is 23.2 Å². The summed E-state index contributed by atoms with van der Waals surface area (Å²) in [4.78, 5) is 12.4. The second kappa shape index (κ2) is 6.70. The van der Waals surface area contributed by atoms with Gasteiger partial charge in [0.25, 0.3) is 5.91 Å². The van der Waals surface area contributed by atoms with Gasteiger partial charge in [0.2, 0.25) is 0 Å². The van der Waals surface area contributed by atoms with Crippen molar-refractivity contribution in [3.05, 3.63) is 52.0 Å². The molecular formula is C15H14Cl2N2O2. The van der Waals surface area contributed by atoms with Crippen molar-refractivity contribution in [1.82, 2.24) is 0 Å². The van der Waals surface area contributed by atoms with Crippen LogP contribution < -0.4 is 15.8 Å². The molecule has 0 saturated heterocycles. The fourth-order valence-electron chi connectivity index (χ4n) is 1.83. The first-order valence-electron chi connectivity index (χ1n) is 6.31. The first-order valence-corrected chi connectivity index (χ1v) is 7.06. The Bertz CT molecular complexity index is 675. The van der Waals surface area contributed by atoms with Gasteiger partial charge in [-0.2, -0.15) is 0 Å². The van der Waals surface area contributed by atoms with Gasteiger partial charge in [-0.05, 0) is 31.2 Å². The highest BCUT2D eigenvalue weighted by Crippen LogP contribution is 2.31. The molecule has 0 spiro atoms. The first-order chi connectivity index (χ1) is 10.0. The molecule has 0 aromatic heterocycles. The lowest BCUT2D eigenvalue weighted by Crippen LogP contribution is -2.15. The topological polar surface area (TPSA) is 64.3 Å². The molecule has 4 nitrogen and oxygen atoms in total. The number of hydrogen-bond acceptors (Lipinski definition) is 3. The van der Waals surface area contributed by atoms with E-state index in [0.29, 0.717) is 34.3 Å². The quantitative estimate of drug-likeness (QED) is 0.827. The number of nitrogens with one attached hydrogen (secondary N) is 1. The minimum Gasteiger partial charge on any atom is -0.491 e. The molecule has 3 N–H and O–H groups in total. The van der Waals surface area contributed by atoms with Gasteiger partial charge >= 0.3 is 0 Å². The third-order valence-corrected chi connectivity index (χ3v) is 3.60. The number of amides is 1. The van der Waals surface area contributed by atoms with E-state index in [1.807, 2.05) is 6.92 Å². The Morgan fingerprint density at radius 1 is 1.24 bits per heavy atom. The molecule has 0 aliphatic carbocycles. The molecule has 0 radical (unpaired) electrons. The molecule has 2 rings (SSSR count). The summed E-state index contributed by atoms with van der Waals surface area (Å²) in [5.41, 5.74) is 7.02. The lowest BCUT2D eigenvalue weighted by molar-refractivity contribution is 0.102. The molecule has 0 fully saturated rings. The van der Waals surface area contributed by atoms with Gasteiger partial charge < -0.3 is 15.8 Å². The average molecular weight is 325 g/mol. The second-order valence-electron chi connectivity index (χ2n) is 4.21. The third kappa shape index (κ3) is 3.40. The van der Waals surface area contributed by atoms with E-state index in [1.54, 1.807) is 36.4 Å². The van der Waals surface area contributed by atoms with Gasteiger partial charge in [0.05, 0.1) is 33.6 Å². The van der Waals surface area contributed by atoms with Crippen LogP contribution in [0, 0.1) is 0 Å². The lowest BCUT2D eigenvalue weighted by atomic mass is 10.1. The number of para-hydroxylation sites is 1. The number of carbonyl (C=O) groups is 1. The van der Waals surface area contributed by atoms with Crippen molar-refractivity contribution < 1.29 is 9.53 Å². The molecule has 0 aliphatic heterocycles. The minimum atomic E-state index is -0.366. The molecule has 6 heteroatoms. The van der Waals surface area contributed by atoms with E-state index in [9.17, 15) is 4.79 Å². The number of benzene rings is 2. The zero-order valence-corrected chi connectivity index (χ0v) is 12.8. The molecule has 2 aromatic rings. The molecule has 0 bridgehead atoms. The van der Waals surface area contributed by atoms with Crippen LogP contribution in [0.2, 0.25) is 10.0 Å². The van der Waals surface area contributed by atoms with Crippen molar-refractivity contribution >= 4 is 40.5 Å². The molecule has 0 heterocycles. The van der Waals surface area contributed by atoms with Gasteiger partial charge in [-0.25, -0.2) is 0 Å². The molecule has 0 atom stereocenters. The number of halogens is 2. The Morgan fingerprint density at radius 2 is 1.95 bits per heavy atom. The SMILES string of the molecule is CCOc1c(N)cccc1C(=O)Nc1cccc(Cl)c1Cl. The van der Waals surface area contributed by atoms with Gasteiger partial charge in [-0.15, -0.1) is 0 Å². The summed E-state index contributed by atoms with van der Waals surface area (Å²) in [6, 6.07) is 10.0. The Balaban J connectivity index is 2.33. The number of carbonyl (C=O) groups excluding carboxylic acids is 1. The number of rotatable bonds is 4. The van der Waals surface area contributed by atoms with Crippen molar-refractivity contribution in [2.75, 3.05) is 17.7 Å². The highest BCUT2D eigenvalue weighted by atomic mass is 35.5. The van der Waals surface area contributed by atoms with Crippen LogP contribution in [0.3, 0.4) is 0 Å². The van der Waals surface area contributed by atoms with Crippen LogP contribution in [-0.4, -0.2) is 12.5 Å². The van der Waals surface area contributed by atoms with E-state index in [1.165, 1.54) is 0 Å². The standard InChI is InChI=1S/C15H14Cl2N2O2/c1-2-21-14-9(5-3-7-11(14)18)15(20)19-12-8-4-6-10(16)13(12)17/h3-8H,2,18H2,1H3,(H,19,20). The fraction of sp³-hybridized carbons (Fsp3) is 0.133. The molecule has 1 amide bonds. The normalized spacial score (nSPS) is 10.2. The minimum absolute atomic E-state index is 0.286. The summed E-state index contributed by atoms with van der Waals surface area (Å²) in [6.07, 6.45) is 0. The number of anilines is 2. The first kappa shape index (κ1) is 15.5. The monoisotopic (exact) mass is 324 g/mol. The molecular weight excluding hydrogens is 311 g/mol. The summed E-state index contributed by atoms with van der Waals surface area (Å²) in [5.74, 6) is -0.00873. The zero-order chi connectivity index (χ0) is 15.4. The smallest absolute Gasteiger partial charge is 0.259 e. The summed E-state index contributed by atoms with van der Waals surface area (Å²) >= 11 is 12.0. The highest BCUT2D eigenvalue weighted by Gasteiger charge is 2.16. The van der Waals surface area contributed by atoms with Gasteiger partial charge in [0.15, 0.2) is 5.75 Å². The Labute approximate surface area is 132 Å². The third-order valence-electron chi connectivity index (χ3n) is 2.78. The summed E-state index contributed by atoms with van der Waals surface area (Å²) in [7, 11) is 0. The Hall–Kier alpha value is -1.91. The van der Waals surface area contributed by atoms with Crippen molar-refractivity contribution in [3.8, 4) is 5.75 Å². The van der Waals surface area contributed by atoms with E-state index in [4.69, 9.17) is 33.7 Å². The maximum atomic E-state index is 12.4. The van der Waals surface area contributed by atoms with E-state index in [2.05, 4.69) is 5.32 Å². The lowest BCUT2D eigenvalue weighted by Gasteiger charge is -2.13. The van der Waals surface area contributed by atoms with Gasteiger partial charge in [-0.3, -0.25) is 4.79 Å². The Morgan fingerprint density at radius 3 is 2.67 bits per heavy atom. The van der Waals surface area contributed by atoms with E-state index >= 15 is 0 Å². The number of nitrogens with two attached hydrogens (primary N) is 1. The van der Waals surface area contributed by atoms with Crippen LogP contribution in [0.15, 0.2) is 36.4 Å². The predicted octanol–water partition coefficient (Wildman–Crippen LogP) is 4.23. The van der Waals surface area contributed by atoms with Gasteiger partial charge in [0, 0.05) is 0 Å². The maximum absolute atomic E-state index is 12.4. The second-order valence-corrected chi connectivity index (χ2v) is 5.00. The summed E-state index contributed by atoms with van der Waals surface area (Å²) in [5, 5.41) is 3.36. The van der Waals surface area contributed by atoms with E-state index < -0.39 is 0 Å². The summed E-state index contributed by atoms with van der Waals surface area (Å²) in [6.45, 7) is 2.23. The number of hydrogen-bond donors (Lipinski definition) is 2. The maximum Gasteiger partial charge on any atom is 0.259 e. The van der Waals surface area contributed by atoms with Crippen LogP contribution in [0.25, 0.3) is 0 Å². The average Bonchev–Trinajstić information content (AvgIpc) is 2.46. The molecule has 0 unspecified atom stereocenters. The van der Waals surface area contributed by atoms with Crippen molar-refractivity contribution in [2.24, 2.45) is 0 Å². The van der Waals surface area contributed by atoms with Crippen molar-refractivity contribution in [3.63, 3.8) is 0 Å². The number of ether oxygens (including phenoxy) is 1. The molecule has 0 saturated carbocycles. The van der Waals surface area contributed by atoms with Crippen molar-refractivity contribution in [2.45, 2.75) is 6.92 Å². The predicted molar refractivity (Wildman–Crippen MR) is 86.4 cm³/mol. The van der Waals surface area contributed by atoms with Crippen LogP contribution in [0.4, 0.5) is 11.4 Å². The van der Waals surface area contributed by atoms with E-state index in [0.717, 1.165) is 0 Å². The largest absolute Gasteiger partial charge is 0.491 e. The van der Waals surface area contributed by atoms with Gasteiger partial charge in [-0.1, -0.05) is 35.3 Å². The summed E-state index contributed by atoms with van der Waals surface area (Å²) < 4.78 is 5.44. The number of nitrogen functional groups attached to an aromatic ring is 1. The Kier molecular flexibility index (Phi) is 4.94. The van der Waals surface area contributed by atoms with Crippen LogP contribution in [0.1, 0.15) is 17.3 Å². The molecule has 0 aliphatic rings.